The quantitative estimate of drug-likeness (QED) is 0.745. The lowest BCUT2D eigenvalue weighted by Crippen LogP contribution is -2.15. The van der Waals surface area contributed by atoms with E-state index in [2.05, 4.69) is 15.3 Å². The topological polar surface area (TPSA) is 84.3 Å². The van der Waals surface area contributed by atoms with Crippen molar-refractivity contribution in [2.24, 2.45) is 0 Å². The number of nitrogens with zero attached hydrogens (tertiary/aromatic N) is 2. The van der Waals surface area contributed by atoms with Crippen LogP contribution in [0.2, 0.25) is 0 Å². The molecule has 1 aromatic rings. The Bertz CT molecular complexity index is 406. The molecule has 1 aliphatic heterocycles. The van der Waals surface area contributed by atoms with Crippen LogP contribution in [-0.2, 0) is 22.7 Å². The van der Waals surface area contributed by atoms with E-state index < -0.39 is 5.97 Å². The number of aliphatic carboxylic acids is 1. The number of aromatic nitrogens is 2. The molecule has 0 amide bonds. The summed E-state index contributed by atoms with van der Waals surface area (Å²) in [6.45, 7) is 2.53. The van der Waals surface area contributed by atoms with Crippen molar-refractivity contribution in [2.75, 3.05) is 11.9 Å². The number of carboxylic acids is 1. The third-order valence-corrected chi connectivity index (χ3v) is 2.10. The molecule has 0 atom stereocenters. The molecule has 0 aliphatic carbocycles. The van der Waals surface area contributed by atoms with E-state index in [1.54, 1.807) is 6.92 Å². The number of nitrogens with one attached hydrogen (secondary N) is 1. The summed E-state index contributed by atoms with van der Waals surface area (Å²) in [7, 11) is 0. The second-order valence-electron chi connectivity index (χ2n) is 3.28. The normalized spacial score (nSPS) is 13.7. The molecular formula is C9H11N3O3. The Morgan fingerprint density at radius 2 is 2.33 bits per heavy atom. The predicted molar refractivity (Wildman–Crippen MR) is 51.4 cm³/mol. The van der Waals surface area contributed by atoms with Gasteiger partial charge in [0.1, 0.15) is 18.2 Å². The van der Waals surface area contributed by atoms with Gasteiger partial charge < -0.3 is 15.2 Å². The Morgan fingerprint density at radius 1 is 1.53 bits per heavy atom. The number of aryl methyl sites for hydroxylation is 1. The molecule has 1 aliphatic rings. The summed E-state index contributed by atoms with van der Waals surface area (Å²) in [5.74, 6) is 0.267. The smallest absolute Gasteiger partial charge is 0.322 e. The standard InChI is InChI=1S/C9H11N3O3/c1-5-11-7-4-15-3-6(7)9(12-5)10-2-8(13)14/h2-4H2,1H3,(H,13,14)(H,10,11,12). The minimum absolute atomic E-state index is 0.150. The van der Waals surface area contributed by atoms with Gasteiger partial charge in [0.05, 0.1) is 18.9 Å². The molecule has 6 heteroatoms. The molecule has 1 aromatic heterocycles. The van der Waals surface area contributed by atoms with Crippen molar-refractivity contribution in [3.63, 3.8) is 0 Å². The third-order valence-electron chi connectivity index (χ3n) is 2.10. The lowest BCUT2D eigenvalue weighted by molar-refractivity contribution is -0.134. The summed E-state index contributed by atoms with van der Waals surface area (Å²) in [5, 5.41) is 11.3. The Hall–Kier alpha value is -1.69. The zero-order valence-electron chi connectivity index (χ0n) is 8.28. The fourth-order valence-electron chi connectivity index (χ4n) is 1.48. The van der Waals surface area contributed by atoms with Gasteiger partial charge in [0.2, 0.25) is 0 Å². The molecular weight excluding hydrogens is 198 g/mol. The van der Waals surface area contributed by atoms with Gasteiger partial charge in [-0.3, -0.25) is 4.79 Å². The highest BCUT2D eigenvalue weighted by molar-refractivity contribution is 5.72. The molecule has 0 fully saturated rings. The molecule has 15 heavy (non-hydrogen) atoms. The molecule has 2 rings (SSSR count). The molecule has 0 radical (unpaired) electrons. The SMILES string of the molecule is Cc1nc2c(c(NCC(=O)O)n1)COC2. The highest BCUT2D eigenvalue weighted by atomic mass is 16.5. The average molecular weight is 209 g/mol. The second kappa shape index (κ2) is 3.82. The van der Waals surface area contributed by atoms with Crippen molar-refractivity contribution >= 4 is 11.8 Å². The molecule has 0 spiro atoms. The first-order valence-corrected chi connectivity index (χ1v) is 4.56. The lowest BCUT2D eigenvalue weighted by atomic mass is 10.2. The van der Waals surface area contributed by atoms with Crippen molar-refractivity contribution < 1.29 is 14.6 Å². The summed E-state index contributed by atoms with van der Waals surface area (Å²) in [4.78, 5) is 18.8. The van der Waals surface area contributed by atoms with Crippen molar-refractivity contribution in [2.45, 2.75) is 20.1 Å². The molecule has 0 unspecified atom stereocenters. The van der Waals surface area contributed by atoms with E-state index in [0.29, 0.717) is 24.9 Å². The first-order chi connectivity index (χ1) is 7.16. The molecule has 0 aromatic carbocycles. The fraction of sp³-hybridized carbons (Fsp3) is 0.444. The number of rotatable bonds is 3. The number of fused-ring (bicyclic) bond motifs is 1. The maximum atomic E-state index is 10.4. The number of hydrogen-bond donors (Lipinski definition) is 2. The molecule has 6 nitrogen and oxygen atoms in total. The van der Waals surface area contributed by atoms with E-state index >= 15 is 0 Å². The summed E-state index contributed by atoms with van der Waals surface area (Å²) in [5.41, 5.74) is 1.71. The molecule has 0 saturated heterocycles. The number of hydrogen-bond acceptors (Lipinski definition) is 5. The number of anilines is 1. The average Bonchev–Trinajstić information content (AvgIpc) is 2.61. The maximum absolute atomic E-state index is 10.4. The molecule has 0 bridgehead atoms. The van der Waals surface area contributed by atoms with E-state index in [4.69, 9.17) is 9.84 Å². The molecule has 0 saturated carbocycles. The van der Waals surface area contributed by atoms with Gasteiger partial charge in [0.25, 0.3) is 0 Å². The van der Waals surface area contributed by atoms with Crippen molar-refractivity contribution in [1.82, 2.24) is 9.97 Å². The summed E-state index contributed by atoms with van der Waals surface area (Å²) in [6, 6.07) is 0. The zero-order valence-corrected chi connectivity index (χ0v) is 8.28. The number of carboxylic acid groups (broad SMARTS) is 1. The van der Waals surface area contributed by atoms with Crippen LogP contribution in [-0.4, -0.2) is 27.6 Å². The second-order valence-corrected chi connectivity index (χ2v) is 3.28. The van der Waals surface area contributed by atoms with E-state index in [0.717, 1.165) is 11.3 Å². The first-order valence-electron chi connectivity index (χ1n) is 4.56. The van der Waals surface area contributed by atoms with E-state index in [1.165, 1.54) is 0 Å². The zero-order chi connectivity index (χ0) is 10.8. The van der Waals surface area contributed by atoms with Crippen LogP contribution in [0.15, 0.2) is 0 Å². The highest BCUT2D eigenvalue weighted by Crippen LogP contribution is 2.23. The van der Waals surface area contributed by atoms with Crippen LogP contribution >= 0.6 is 0 Å². The Labute approximate surface area is 86.3 Å². The first kappa shape index (κ1) is 9.85. The van der Waals surface area contributed by atoms with Crippen LogP contribution in [0.3, 0.4) is 0 Å². The van der Waals surface area contributed by atoms with Gasteiger partial charge in [-0.25, -0.2) is 9.97 Å². The molecule has 80 valence electrons. The molecule has 2 N–H and O–H groups in total. The van der Waals surface area contributed by atoms with E-state index in [1.807, 2.05) is 0 Å². The Balaban J connectivity index is 2.26. The van der Waals surface area contributed by atoms with Gasteiger partial charge in [-0.2, -0.15) is 0 Å². The summed E-state index contributed by atoms with van der Waals surface area (Å²) >= 11 is 0. The van der Waals surface area contributed by atoms with Gasteiger partial charge in [-0.05, 0) is 6.92 Å². The van der Waals surface area contributed by atoms with Gasteiger partial charge in [0, 0.05) is 5.56 Å². The van der Waals surface area contributed by atoms with Crippen LogP contribution in [0.4, 0.5) is 5.82 Å². The van der Waals surface area contributed by atoms with Crippen LogP contribution in [0.1, 0.15) is 17.1 Å². The largest absolute Gasteiger partial charge is 0.480 e. The van der Waals surface area contributed by atoms with Gasteiger partial charge in [-0.15, -0.1) is 0 Å². The maximum Gasteiger partial charge on any atom is 0.322 e. The third kappa shape index (κ3) is 2.04. The van der Waals surface area contributed by atoms with Crippen LogP contribution < -0.4 is 5.32 Å². The van der Waals surface area contributed by atoms with E-state index in [9.17, 15) is 4.79 Å². The van der Waals surface area contributed by atoms with Crippen molar-refractivity contribution in [1.29, 1.82) is 0 Å². The van der Waals surface area contributed by atoms with Gasteiger partial charge in [0.15, 0.2) is 0 Å². The van der Waals surface area contributed by atoms with Crippen molar-refractivity contribution in [3.05, 3.63) is 17.1 Å². The van der Waals surface area contributed by atoms with Crippen molar-refractivity contribution in [3.8, 4) is 0 Å². The predicted octanol–water partition coefficient (Wildman–Crippen LogP) is 0.312. The monoisotopic (exact) mass is 209 g/mol. The number of ether oxygens (including phenoxy) is 1. The molecule has 2 heterocycles. The number of carbonyl (C=O) groups is 1. The van der Waals surface area contributed by atoms with Gasteiger partial charge >= 0.3 is 5.97 Å². The Morgan fingerprint density at radius 3 is 3.07 bits per heavy atom. The lowest BCUT2D eigenvalue weighted by Gasteiger charge is -2.07. The summed E-state index contributed by atoms with van der Waals surface area (Å²) in [6.07, 6.45) is 0. The minimum atomic E-state index is -0.918. The highest BCUT2D eigenvalue weighted by Gasteiger charge is 2.19. The minimum Gasteiger partial charge on any atom is -0.480 e. The van der Waals surface area contributed by atoms with Crippen LogP contribution in [0, 0.1) is 6.92 Å². The summed E-state index contributed by atoms with van der Waals surface area (Å²) < 4.78 is 5.23. The van der Waals surface area contributed by atoms with E-state index in [-0.39, 0.29) is 6.54 Å². The fourth-order valence-corrected chi connectivity index (χ4v) is 1.48. The van der Waals surface area contributed by atoms with Crippen LogP contribution in [0.25, 0.3) is 0 Å². The van der Waals surface area contributed by atoms with Crippen LogP contribution in [0.5, 0.6) is 0 Å². The Kier molecular flexibility index (Phi) is 2.51. The van der Waals surface area contributed by atoms with Gasteiger partial charge in [-0.1, -0.05) is 0 Å².